The van der Waals surface area contributed by atoms with Crippen LogP contribution < -0.4 is 5.73 Å². The van der Waals surface area contributed by atoms with Crippen LogP contribution in [0.4, 0.5) is 0 Å². The monoisotopic (exact) mass is 133 g/mol. The number of primary amides is 1. The van der Waals surface area contributed by atoms with Crippen molar-refractivity contribution in [3.05, 3.63) is 11.1 Å². The second-order valence-corrected chi connectivity index (χ2v) is 1.73. The first-order chi connectivity index (χ1) is 3.68. The summed E-state index contributed by atoms with van der Waals surface area (Å²) in [7, 11) is 0. The Hall–Kier alpha value is -0.500. The zero-order chi connectivity index (χ0) is 6.57. The van der Waals surface area contributed by atoms with E-state index in [1.807, 2.05) is 6.92 Å². The van der Waals surface area contributed by atoms with Crippen molar-refractivity contribution in [3.8, 4) is 0 Å². The SMILES string of the molecule is CC/C=C(\Cl)C(N)=O. The van der Waals surface area contributed by atoms with Gasteiger partial charge in [0.15, 0.2) is 0 Å². The van der Waals surface area contributed by atoms with Gasteiger partial charge in [-0.25, -0.2) is 0 Å². The Morgan fingerprint density at radius 2 is 2.38 bits per heavy atom. The summed E-state index contributed by atoms with van der Waals surface area (Å²) in [6, 6.07) is 0. The molecule has 0 aliphatic heterocycles. The summed E-state index contributed by atoms with van der Waals surface area (Å²) in [4.78, 5) is 10.1. The van der Waals surface area contributed by atoms with E-state index < -0.39 is 5.91 Å². The second-order valence-electron chi connectivity index (χ2n) is 1.32. The van der Waals surface area contributed by atoms with Gasteiger partial charge in [0.25, 0.3) is 5.91 Å². The highest BCUT2D eigenvalue weighted by Crippen LogP contribution is 1.99. The molecule has 46 valence electrons. The van der Waals surface area contributed by atoms with E-state index in [1.165, 1.54) is 0 Å². The Labute approximate surface area is 53.3 Å². The number of hydrogen-bond acceptors (Lipinski definition) is 1. The fourth-order valence-corrected chi connectivity index (χ4v) is 0.434. The number of carbonyl (C=O) groups is 1. The number of nitrogens with two attached hydrogens (primary N) is 1. The molecule has 0 saturated heterocycles. The number of hydrogen-bond donors (Lipinski definition) is 1. The van der Waals surface area contributed by atoms with Gasteiger partial charge in [-0.1, -0.05) is 24.6 Å². The molecular weight excluding hydrogens is 126 g/mol. The highest BCUT2D eigenvalue weighted by molar-refractivity contribution is 6.41. The Balaban J connectivity index is 3.80. The minimum Gasteiger partial charge on any atom is -0.365 e. The van der Waals surface area contributed by atoms with Crippen LogP contribution in [-0.2, 0) is 4.79 Å². The molecule has 0 aromatic carbocycles. The van der Waals surface area contributed by atoms with E-state index in [4.69, 9.17) is 17.3 Å². The molecule has 0 fully saturated rings. The molecule has 3 heteroatoms. The molecule has 0 atom stereocenters. The van der Waals surface area contributed by atoms with Gasteiger partial charge in [-0.05, 0) is 6.42 Å². The highest BCUT2D eigenvalue weighted by Gasteiger charge is 1.95. The van der Waals surface area contributed by atoms with E-state index in [9.17, 15) is 4.79 Å². The van der Waals surface area contributed by atoms with Gasteiger partial charge in [0.1, 0.15) is 5.03 Å². The van der Waals surface area contributed by atoms with Crippen molar-refractivity contribution in [1.82, 2.24) is 0 Å². The molecule has 0 spiro atoms. The van der Waals surface area contributed by atoms with Crippen LogP contribution in [0.1, 0.15) is 13.3 Å². The van der Waals surface area contributed by atoms with Crippen molar-refractivity contribution in [3.63, 3.8) is 0 Å². The second kappa shape index (κ2) is 3.50. The lowest BCUT2D eigenvalue weighted by molar-refractivity contribution is -0.114. The van der Waals surface area contributed by atoms with Crippen molar-refractivity contribution in [2.75, 3.05) is 0 Å². The third-order valence-electron chi connectivity index (χ3n) is 0.619. The van der Waals surface area contributed by atoms with E-state index >= 15 is 0 Å². The summed E-state index contributed by atoms with van der Waals surface area (Å²) in [5, 5.41) is 0.118. The fraction of sp³-hybridized carbons (Fsp3) is 0.400. The van der Waals surface area contributed by atoms with Gasteiger partial charge in [0, 0.05) is 0 Å². The van der Waals surface area contributed by atoms with Crippen LogP contribution in [0.25, 0.3) is 0 Å². The summed E-state index contributed by atoms with van der Waals surface area (Å²) in [6.45, 7) is 1.88. The minimum atomic E-state index is -0.562. The molecule has 0 rings (SSSR count). The molecule has 0 aliphatic rings. The van der Waals surface area contributed by atoms with Gasteiger partial charge in [-0.15, -0.1) is 0 Å². The normalized spacial score (nSPS) is 11.5. The van der Waals surface area contributed by atoms with Crippen LogP contribution in [0.15, 0.2) is 11.1 Å². The summed E-state index contributed by atoms with van der Waals surface area (Å²) >= 11 is 5.30. The maximum absolute atomic E-state index is 10.1. The molecule has 0 aromatic rings. The van der Waals surface area contributed by atoms with Crippen LogP contribution in [0.5, 0.6) is 0 Å². The third kappa shape index (κ3) is 2.64. The molecule has 0 aliphatic carbocycles. The van der Waals surface area contributed by atoms with E-state index in [2.05, 4.69) is 0 Å². The van der Waals surface area contributed by atoms with Gasteiger partial charge in [0.2, 0.25) is 0 Å². The quantitative estimate of drug-likeness (QED) is 0.562. The third-order valence-corrected chi connectivity index (χ3v) is 0.959. The van der Waals surface area contributed by atoms with Crippen LogP contribution in [0.3, 0.4) is 0 Å². The van der Waals surface area contributed by atoms with Crippen LogP contribution in [-0.4, -0.2) is 5.91 Å². The minimum absolute atomic E-state index is 0.118. The molecule has 0 saturated carbocycles. The van der Waals surface area contributed by atoms with Gasteiger partial charge in [0.05, 0.1) is 0 Å². The van der Waals surface area contributed by atoms with Crippen LogP contribution in [0, 0.1) is 0 Å². The average Bonchev–Trinajstić information content (AvgIpc) is 1.67. The van der Waals surface area contributed by atoms with Gasteiger partial charge in [-0.3, -0.25) is 4.79 Å². The molecule has 1 amide bonds. The summed E-state index contributed by atoms with van der Waals surface area (Å²) in [5.74, 6) is -0.562. The average molecular weight is 134 g/mol. The van der Waals surface area contributed by atoms with Crippen molar-refractivity contribution in [1.29, 1.82) is 0 Å². The lowest BCUT2D eigenvalue weighted by atomic mass is 10.4. The molecular formula is C5H8ClNO. The molecule has 2 N–H and O–H groups in total. The molecule has 2 nitrogen and oxygen atoms in total. The maximum atomic E-state index is 10.1. The van der Waals surface area contributed by atoms with Crippen molar-refractivity contribution >= 4 is 17.5 Å². The van der Waals surface area contributed by atoms with E-state index in [1.54, 1.807) is 6.08 Å². The zero-order valence-corrected chi connectivity index (χ0v) is 5.40. The predicted octanol–water partition coefficient (Wildman–Crippen LogP) is 1.00. The number of rotatable bonds is 2. The Morgan fingerprint density at radius 3 is 2.50 bits per heavy atom. The summed E-state index contributed by atoms with van der Waals surface area (Å²) in [5.41, 5.74) is 4.78. The number of amides is 1. The molecule has 0 heterocycles. The summed E-state index contributed by atoms with van der Waals surface area (Å²) in [6.07, 6.45) is 2.31. The zero-order valence-electron chi connectivity index (χ0n) is 4.65. The Morgan fingerprint density at radius 1 is 1.88 bits per heavy atom. The smallest absolute Gasteiger partial charge is 0.259 e. The standard InChI is InChI=1S/C5H8ClNO/c1-2-3-4(6)5(7)8/h3H,2H2,1H3,(H2,7,8)/b4-3-. The lowest BCUT2D eigenvalue weighted by Crippen LogP contribution is -2.09. The number of allylic oxidation sites excluding steroid dienone is 1. The number of halogens is 1. The van der Waals surface area contributed by atoms with Gasteiger partial charge >= 0.3 is 0 Å². The Bertz CT molecular complexity index is 120. The largest absolute Gasteiger partial charge is 0.365 e. The predicted molar refractivity (Wildman–Crippen MR) is 33.4 cm³/mol. The molecule has 0 unspecified atom stereocenters. The van der Waals surface area contributed by atoms with Gasteiger partial charge in [-0.2, -0.15) is 0 Å². The maximum Gasteiger partial charge on any atom is 0.259 e. The van der Waals surface area contributed by atoms with E-state index in [0.717, 1.165) is 6.42 Å². The highest BCUT2D eigenvalue weighted by atomic mass is 35.5. The molecule has 8 heavy (non-hydrogen) atoms. The topological polar surface area (TPSA) is 43.1 Å². The molecule has 0 bridgehead atoms. The lowest BCUT2D eigenvalue weighted by Gasteiger charge is -1.85. The first kappa shape index (κ1) is 7.50. The fourth-order valence-electron chi connectivity index (χ4n) is 0.280. The van der Waals surface area contributed by atoms with Crippen molar-refractivity contribution < 1.29 is 4.79 Å². The molecule has 0 aromatic heterocycles. The molecule has 0 radical (unpaired) electrons. The first-order valence-corrected chi connectivity index (χ1v) is 2.71. The van der Waals surface area contributed by atoms with Crippen molar-refractivity contribution in [2.45, 2.75) is 13.3 Å². The number of carbonyl (C=O) groups excluding carboxylic acids is 1. The van der Waals surface area contributed by atoms with E-state index in [-0.39, 0.29) is 5.03 Å². The van der Waals surface area contributed by atoms with Crippen molar-refractivity contribution in [2.24, 2.45) is 5.73 Å². The van der Waals surface area contributed by atoms with E-state index in [0.29, 0.717) is 0 Å². The Kier molecular flexibility index (Phi) is 3.28. The first-order valence-electron chi connectivity index (χ1n) is 2.34. The van der Waals surface area contributed by atoms with Crippen LogP contribution in [0.2, 0.25) is 0 Å². The summed E-state index contributed by atoms with van der Waals surface area (Å²) < 4.78 is 0. The van der Waals surface area contributed by atoms with Gasteiger partial charge < -0.3 is 5.73 Å². The van der Waals surface area contributed by atoms with Crippen LogP contribution >= 0.6 is 11.6 Å².